The predicted molar refractivity (Wildman–Crippen MR) is 139 cm³/mol. The zero-order valence-electron chi connectivity index (χ0n) is 20.5. The van der Waals surface area contributed by atoms with Crippen LogP contribution in [-0.4, -0.2) is 63.7 Å². The number of nitrogens with zero attached hydrogens (tertiary/aromatic N) is 5. The fourth-order valence-electron chi connectivity index (χ4n) is 4.53. The SMILES string of the molecule is Cc1ccc(-n2c(SCC(=O)N(Cc3ccccc3)C(C)C3CC3)nnc2N2CCOCC2)cc1. The van der Waals surface area contributed by atoms with E-state index >= 15 is 0 Å². The summed E-state index contributed by atoms with van der Waals surface area (Å²) in [5.41, 5.74) is 3.37. The standard InChI is InChI=1S/C27H33N5O2S/c1-20-8-12-24(13-9-20)32-26(30-14-16-34-17-15-30)28-29-27(32)35-19-25(33)31(21(2)23-10-11-23)18-22-6-4-3-5-7-22/h3-9,12-13,21,23H,10-11,14-19H2,1-2H3. The maximum atomic E-state index is 13.5. The summed E-state index contributed by atoms with van der Waals surface area (Å²) in [6.45, 7) is 7.81. The highest BCUT2D eigenvalue weighted by molar-refractivity contribution is 7.99. The van der Waals surface area contributed by atoms with Crippen LogP contribution >= 0.6 is 11.8 Å². The van der Waals surface area contributed by atoms with E-state index in [2.05, 4.69) is 74.8 Å². The van der Waals surface area contributed by atoms with E-state index in [0.717, 1.165) is 35.4 Å². The van der Waals surface area contributed by atoms with Crippen molar-refractivity contribution >= 4 is 23.6 Å². The zero-order valence-corrected chi connectivity index (χ0v) is 21.3. The number of rotatable bonds is 9. The number of thioether (sulfide) groups is 1. The van der Waals surface area contributed by atoms with Crippen LogP contribution in [0.2, 0.25) is 0 Å². The molecule has 1 aliphatic carbocycles. The van der Waals surface area contributed by atoms with E-state index in [0.29, 0.717) is 31.4 Å². The molecule has 7 nitrogen and oxygen atoms in total. The van der Waals surface area contributed by atoms with Gasteiger partial charge in [-0.3, -0.25) is 9.36 Å². The summed E-state index contributed by atoms with van der Waals surface area (Å²) >= 11 is 1.47. The number of benzene rings is 2. The van der Waals surface area contributed by atoms with Gasteiger partial charge in [0.1, 0.15) is 0 Å². The van der Waals surface area contributed by atoms with Gasteiger partial charge in [0.25, 0.3) is 0 Å². The minimum absolute atomic E-state index is 0.143. The number of aromatic nitrogens is 3. The average molecular weight is 492 g/mol. The van der Waals surface area contributed by atoms with Gasteiger partial charge >= 0.3 is 0 Å². The highest BCUT2D eigenvalue weighted by Gasteiger charge is 2.34. The fourth-order valence-corrected chi connectivity index (χ4v) is 5.36. The lowest BCUT2D eigenvalue weighted by molar-refractivity contribution is -0.131. The number of ether oxygens (including phenoxy) is 1. The van der Waals surface area contributed by atoms with Crippen molar-refractivity contribution in [3.8, 4) is 5.69 Å². The lowest BCUT2D eigenvalue weighted by Gasteiger charge is -2.30. The highest BCUT2D eigenvalue weighted by Crippen LogP contribution is 2.36. The molecule has 1 amide bonds. The van der Waals surface area contributed by atoms with Crippen LogP contribution in [0.3, 0.4) is 0 Å². The van der Waals surface area contributed by atoms with Crippen molar-refractivity contribution in [3.63, 3.8) is 0 Å². The number of hydrogen-bond acceptors (Lipinski definition) is 6. The van der Waals surface area contributed by atoms with Crippen molar-refractivity contribution in [1.82, 2.24) is 19.7 Å². The van der Waals surface area contributed by atoms with Gasteiger partial charge in [0.15, 0.2) is 5.16 Å². The van der Waals surface area contributed by atoms with Crippen molar-refractivity contribution in [2.45, 2.75) is 44.4 Å². The molecule has 2 fully saturated rings. The summed E-state index contributed by atoms with van der Waals surface area (Å²) in [4.78, 5) is 17.8. The van der Waals surface area contributed by atoms with Gasteiger partial charge in [0.2, 0.25) is 11.9 Å². The first-order valence-corrected chi connectivity index (χ1v) is 13.4. The van der Waals surface area contributed by atoms with Crippen LogP contribution in [0.15, 0.2) is 59.8 Å². The molecule has 1 saturated heterocycles. The number of anilines is 1. The molecule has 2 aliphatic rings. The van der Waals surface area contributed by atoms with E-state index in [1.807, 2.05) is 18.2 Å². The highest BCUT2D eigenvalue weighted by atomic mass is 32.2. The number of carbonyl (C=O) groups is 1. The first-order valence-electron chi connectivity index (χ1n) is 12.4. The predicted octanol–water partition coefficient (Wildman–Crippen LogP) is 4.33. The van der Waals surface area contributed by atoms with Gasteiger partial charge < -0.3 is 14.5 Å². The molecule has 0 radical (unpaired) electrons. The van der Waals surface area contributed by atoms with Gasteiger partial charge in [0, 0.05) is 25.7 Å². The van der Waals surface area contributed by atoms with Crippen LogP contribution < -0.4 is 4.90 Å². The second kappa shape index (κ2) is 10.8. The van der Waals surface area contributed by atoms with Gasteiger partial charge in [-0.05, 0) is 50.3 Å². The number of morpholine rings is 1. The Kier molecular flexibility index (Phi) is 7.39. The van der Waals surface area contributed by atoms with Gasteiger partial charge in [-0.2, -0.15) is 0 Å². The minimum Gasteiger partial charge on any atom is -0.378 e. The molecule has 1 aliphatic heterocycles. The summed E-state index contributed by atoms with van der Waals surface area (Å²) in [7, 11) is 0. The van der Waals surface area contributed by atoms with Crippen LogP contribution in [0.25, 0.3) is 5.69 Å². The van der Waals surface area contributed by atoms with Crippen LogP contribution in [-0.2, 0) is 16.1 Å². The monoisotopic (exact) mass is 491 g/mol. The molecular weight excluding hydrogens is 458 g/mol. The molecule has 0 N–H and O–H groups in total. The zero-order chi connectivity index (χ0) is 24.2. The molecule has 1 unspecified atom stereocenters. The van der Waals surface area contributed by atoms with Crippen molar-refractivity contribution < 1.29 is 9.53 Å². The minimum atomic E-state index is 0.143. The molecule has 1 aromatic heterocycles. The van der Waals surface area contributed by atoms with E-state index in [-0.39, 0.29) is 11.9 Å². The molecule has 1 saturated carbocycles. The topological polar surface area (TPSA) is 63.5 Å². The first kappa shape index (κ1) is 23.9. The second-order valence-corrected chi connectivity index (χ2v) is 10.4. The van der Waals surface area contributed by atoms with E-state index < -0.39 is 0 Å². The maximum Gasteiger partial charge on any atom is 0.233 e. The maximum absolute atomic E-state index is 13.5. The van der Waals surface area contributed by atoms with Crippen LogP contribution in [0.5, 0.6) is 0 Å². The fraction of sp³-hybridized carbons (Fsp3) is 0.444. The molecule has 35 heavy (non-hydrogen) atoms. The number of amides is 1. The van der Waals surface area contributed by atoms with Gasteiger partial charge in [-0.1, -0.05) is 59.8 Å². The molecule has 2 heterocycles. The number of hydrogen-bond donors (Lipinski definition) is 0. The number of carbonyl (C=O) groups excluding carboxylic acids is 1. The largest absolute Gasteiger partial charge is 0.378 e. The molecule has 0 bridgehead atoms. The first-order chi connectivity index (χ1) is 17.1. The third kappa shape index (κ3) is 5.70. The van der Waals surface area contributed by atoms with Gasteiger partial charge in [0.05, 0.1) is 24.7 Å². The van der Waals surface area contributed by atoms with Crippen LogP contribution in [0.4, 0.5) is 5.95 Å². The molecule has 1 atom stereocenters. The molecule has 5 rings (SSSR count). The third-order valence-corrected chi connectivity index (χ3v) is 7.75. The Bertz CT molecular complexity index is 1120. The van der Waals surface area contributed by atoms with E-state index in [9.17, 15) is 4.79 Å². The molecule has 2 aromatic carbocycles. The van der Waals surface area contributed by atoms with E-state index in [1.165, 1.54) is 30.2 Å². The summed E-state index contributed by atoms with van der Waals surface area (Å²) in [6, 6.07) is 18.9. The molecule has 8 heteroatoms. The lowest BCUT2D eigenvalue weighted by atomic mass is 10.1. The quantitative estimate of drug-likeness (QED) is 0.415. The Hall–Kier alpha value is -2.84. The Morgan fingerprint density at radius 2 is 1.80 bits per heavy atom. The summed E-state index contributed by atoms with van der Waals surface area (Å²) in [6.07, 6.45) is 2.41. The Morgan fingerprint density at radius 1 is 1.09 bits per heavy atom. The van der Waals surface area contributed by atoms with Gasteiger partial charge in [-0.25, -0.2) is 0 Å². The lowest BCUT2D eigenvalue weighted by Crippen LogP contribution is -2.40. The van der Waals surface area contributed by atoms with Crippen molar-refractivity contribution in [3.05, 3.63) is 65.7 Å². The molecular formula is C27H33N5O2S. The van der Waals surface area contributed by atoms with E-state index in [4.69, 9.17) is 4.74 Å². The summed E-state index contributed by atoms with van der Waals surface area (Å²) in [5.74, 6) is 1.89. The Morgan fingerprint density at radius 3 is 2.49 bits per heavy atom. The average Bonchev–Trinajstić information content (AvgIpc) is 3.66. The molecule has 184 valence electrons. The second-order valence-electron chi connectivity index (χ2n) is 9.43. The molecule has 3 aromatic rings. The van der Waals surface area contributed by atoms with Crippen molar-refractivity contribution in [1.29, 1.82) is 0 Å². The van der Waals surface area contributed by atoms with Crippen molar-refractivity contribution in [2.75, 3.05) is 37.0 Å². The van der Waals surface area contributed by atoms with E-state index in [1.54, 1.807) is 0 Å². The molecule has 0 spiro atoms. The van der Waals surface area contributed by atoms with Crippen LogP contribution in [0, 0.1) is 12.8 Å². The smallest absolute Gasteiger partial charge is 0.233 e. The summed E-state index contributed by atoms with van der Waals surface area (Å²) < 4.78 is 7.61. The van der Waals surface area contributed by atoms with Gasteiger partial charge in [-0.15, -0.1) is 10.2 Å². The number of aryl methyl sites for hydroxylation is 1. The normalized spacial score (nSPS) is 16.8. The van der Waals surface area contributed by atoms with Crippen LogP contribution in [0.1, 0.15) is 30.9 Å². The summed E-state index contributed by atoms with van der Waals surface area (Å²) in [5, 5.41) is 9.80. The van der Waals surface area contributed by atoms with Crippen molar-refractivity contribution in [2.24, 2.45) is 5.92 Å². The Labute approximate surface area is 211 Å². The third-order valence-electron chi connectivity index (χ3n) is 6.84. The Balaban J connectivity index is 1.37.